The Hall–Kier alpha value is -2.14. The van der Waals surface area contributed by atoms with Gasteiger partial charge in [-0.2, -0.15) is 0 Å². The molecule has 1 aromatic rings. The lowest BCUT2D eigenvalue weighted by molar-refractivity contribution is -0.144. The van der Waals surface area contributed by atoms with Gasteiger partial charge in [0, 0.05) is 12.5 Å². The van der Waals surface area contributed by atoms with E-state index in [0.717, 1.165) is 0 Å². The van der Waals surface area contributed by atoms with E-state index in [1.807, 2.05) is 24.3 Å². The summed E-state index contributed by atoms with van der Waals surface area (Å²) >= 11 is 0. The summed E-state index contributed by atoms with van der Waals surface area (Å²) in [7, 11) is 0. The zero-order valence-electron chi connectivity index (χ0n) is 11.2. The van der Waals surface area contributed by atoms with Gasteiger partial charge in [-0.3, -0.25) is 9.59 Å². The lowest BCUT2D eigenvalue weighted by atomic mass is 10.1. The van der Waals surface area contributed by atoms with Crippen molar-refractivity contribution >= 4 is 11.9 Å². The van der Waals surface area contributed by atoms with Crippen LogP contribution in [0.5, 0.6) is 0 Å². The third-order valence-corrected chi connectivity index (χ3v) is 2.85. The zero-order chi connectivity index (χ0) is 14.4. The Morgan fingerprint density at radius 3 is 2.65 bits per heavy atom. The molecule has 0 bridgehead atoms. The minimum absolute atomic E-state index is 0.137. The molecule has 0 saturated heterocycles. The van der Waals surface area contributed by atoms with Crippen molar-refractivity contribution in [2.24, 2.45) is 0 Å². The molecule has 5 nitrogen and oxygen atoms in total. The lowest BCUT2D eigenvalue weighted by Crippen LogP contribution is -2.40. The van der Waals surface area contributed by atoms with Gasteiger partial charge in [0.05, 0.1) is 12.6 Å². The monoisotopic (exact) mass is 275 g/mol. The minimum Gasteiger partial charge on any atom is -0.463 e. The van der Waals surface area contributed by atoms with Crippen molar-refractivity contribution in [3.05, 3.63) is 48.0 Å². The number of carbonyl (C=O) groups excluding carboxylic acids is 2. The highest BCUT2D eigenvalue weighted by molar-refractivity contribution is 5.94. The van der Waals surface area contributed by atoms with Crippen LogP contribution >= 0.6 is 0 Å². The van der Waals surface area contributed by atoms with Crippen molar-refractivity contribution in [3.8, 4) is 0 Å². The van der Waals surface area contributed by atoms with Crippen LogP contribution in [0.4, 0.5) is 0 Å². The molecular formula is C15H17NO4. The number of nitrogens with one attached hydrogen (secondary N) is 1. The summed E-state index contributed by atoms with van der Waals surface area (Å²) in [6, 6.07) is 8.84. The van der Waals surface area contributed by atoms with Crippen LogP contribution in [0.3, 0.4) is 0 Å². The van der Waals surface area contributed by atoms with Gasteiger partial charge in [-0.05, 0) is 12.1 Å². The summed E-state index contributed by atoms with van der Waals surface area (Å²) in [5, 5.41) is 2.86. The molecule has 5 heteroatoms. The molecule has 1 N–H and O–H groups in total. The molecule has 0 spiro atoms. The topological polar surface area (TPSA) is 64.6 Å². The summed E-state index contributed by atoms with van der Waals surface area (Å²) in [4.78, 5) is 22.6. The van der Waals surface area contributed by atoms with Crippen LogP contribution in [-0.2, 0) is 14.3 Å². The van der Waals surface area contributed by atoms with E-state index in [1.165, 1.54) is 6.92 Å². The predicted molar refractivity (Wildman–Crippen MR) is 73.2 cm³/mol. The third-order valence-electron chi connectivity index (χ3n) is 2.85. The van der Waals surface area contributed by atoms with Crippen molar-refractivity contribution in [1.29, 1.82) is 0 Å². The van der Waals surface area contributed by atoms with Gasteiger partial charge in [-0.1, -0.05) is 30.4 Å². The first-order chi connectivity index (χ1) is 9.65. The average molecular weight is 275 g/mol. The summed E-state index contributed by atoms with van der Waals surface area (Å²) in [6.07, 6.45) is 3.41. The molecule has 0 aromatic heterocycles. The van der Waals surface area contributed by atoms with Gasteiger partial charge in [0.25, 0.3) is 5.91 Å². The molecule has 0 aliphatic carbocycles. The number of rotatable bonds is 4. The second-order valence-corrected chi connectivity index (χ2v) is 4.51. The Kier molecular flexibility index (Phi) is 4.90. The van der Waals surface area contributed by atoms with Gasteiger partial charge in [0.15, 0.2) is 0 Å². The third kappa shape index (κ3) is 4.20. The van der Waals surface area contributed by atoms with Gasteiger partial charge in [0.1, 0.15) is 12.7 Å². The molecule has 0 fully saturated rings. The van der Waals surface area contributed by atoms with E-state index in [0.29, 0.717) is 12.2 Å². The number of hydrogen-bond donors (Lipinski definition) is 1. The largest absolute Gasteiger partial charge is 0.463 e. The first-order valence-electron chi connectivity index (χ1n) is 6.44. The van der Waals surface area contributed by atoms with Crippen molar-refractivity contribution in [2.45, 2.75) is 19.1 Å². The number of carbonyl (C=O) groups is 2. The highest BCUT2D eigenvalue weighted by Crippen LogP contribution is 2.07. The molecule has 20 heavy (non-hydrogen) atoms. The first-order valence-corrected chi connectivity index (χ1v) is 6.44. The lowest BCUT2D eigenvalue weighted by Gasteiger charge is -2.24. The van der Waals surface area contributed by atoms with E-state index in [4.69, 9.17) is 9.47 Å². The van der Waals surface area contributed by atoms with Gasteiger partial charge < -0.3 is 14.8 Å². The normalized spacial score (nSPS) is 21.2. The fraction of sp³-hybridized carbons (Fsp3) is 0.333. The molecule has 1 heterocycles. The summed E-state index contributed by atoms with van der Waals surface area (Å²) in [5.74, 6) is -0.469. The zero-order valence-corrected chi connectivity index (χ0v) is 11.2. The number of esters is 1. The van der Waals surface area contributed by atoms with E-state index >= 15 is 0 Å². The average Bonchev–Trinajstić information content (AvgIpc) is 2.47. The SMILES string of the molecule is CC(=O)OC[C@H]1C=C[C@@H](NC(=O)c2ccccc2)CO1. The molecule has 1 aromatic carbocycles. The van der Waals surface area contributed by atoms with Gasteiger partial charge in [-0.15, -0.1) is 0 Å². The maximum Gasteiger partial charge on any atom is 0.302 e. The molecule has 0 unspecified atom stereocenters. The molecule has 2 atom stereocenters. The van der Waals surface area contributed by atoms with Gasteiger partial charge in [0.2, 0.25) is 0 Å². The van der Waals surface area contributed by atoms with E-state index in [9.17, 15) is 9.59 Å². The summed E-state index contributed by atoms with van der Waals surface area (Å²) in [5.41, 5.74) is 0.614. The molecule has 106 valence electrons. The van der Waals surface area contributed by atoms with E-state index in [-0.39, 0.29) is 30.6 Å². The first kappa shape index (κ1) is 14.3. The second kappa shape index (κ2) is 6.86. The molecule has 1 amide bonds. The molecular weight excluding hydrogens is 258 g/mol. The Morgan fingerprint density at radius 2 is 2.05 bits per heavy atom. The van der Waals surface area contributed by atoms with E-state index in [2.05, 4.69) is 5.32 Å². The van der Waals surface area contributed by atoms with Crippen LogP contribution in [0.25, 0.3) is 0 Å². The van der Waals surface area contributed by atoms with Crippen LogP contribution in [0.2, 0.25) is 0 Å². The van der Waals surface area contributed by atoms with Crippen molar-refractivity contribution in [3.63, 3.8) is 0 Å². The van der Waals surface area contributed by atoms with E-state index < -0.39 is 0 Å². The fourth-order valence-electron chi connectivity index (χ4n) is 1.83. The Labute approximate surface area is 117 Å². The molecule has 1 aliphatic rings. The second-order valence-electron chi connectivity index (χ2n) is 4.51. The van der Waals surface area contributed by atoms with Crippen LogP contribution in [0.15, 0.2) is 42.5 Å². The minimum atomic E-state index is -0.332. The predicted octanol–water partition coefficient (Wildman–Crippen LogP) is 1.30. The quantitative estimate of drug-likeness (QED) is 0.664. The molecule has 1 aliphatic heterocycles. The van der Waals surface area contributed by atoms with Crippen LogP contribution in [-0.4, -0.2) is 37.2 Å². The summed E-state index contributed by atoms with van der Waals surface area (Å²) < 4.78 is 10.4. The fourth-order valence-corrected chi connectivity index (χ4v) is 1.83. The van der Waals surface area contributed by atoms with Crippen molar-refractivity contribution < 1.29 is 19.1 Å². The summed E-state index contributed by atoms with van der Waals surface area (Å²) in [6.45, 7) is 1.92. The van der Waals surface area contributed by atoms with Crippen molar-refractivity contribution in [1.82, 2.24) is 5.32 Å². The maximum atomic E-state index is 11.9. The Bertz CT molecular complexity index is 498. The highest BCUT2D eigenvalue weighted by Gasteiger charge is 2.18. The number of hydrogen-bond acceptors (Lipinski definition) is 4. The Morgan fingerprint density at radius 1 is 1.30 bits per heavy atom. The van der Waals surface area contributed by atoms with Gasteiger partial charge >= 0.3 is 5.97 Å². The van der Waals surface area contributed by atoms with Crippen LogP contribution in [0, 0.1) is 0 Å². The number of benzene rings is 1. The molecule has 0 radical (unpaired) electrons. The van der Waals surface area contributed by atoms with E-state index in [1.54, 1.807) is 18.2 Å². The molecule has 2 rings (SSSR count). The standard InChI is InChI=1S/C15H17NO4/c1-11(17)19-10-14-8-7-13(9-20-14)16-15(18)12-5-3-2-4-6-12/h2-8,13-14H,9-10H2,1H3,(H,16,18)/t13-,14-/m1/s1. The Balaban J connectivity index is 1.83. The number of amides is 1. The van der Waals surface area contributed by atoms with Gasteiger partial charge in [-0.25, -0.2) is 0 Å². The van der Waals surface area contributed by atoms with Crippen LogP contribution < -0.4 is 5.32 Å². The maximum absolute atomic E-state index is 11.9. The highest BCUT2D eigenvalue weighted by atomic mass is 16.6. The van der Waals surface area contributed by atoms with Crippen molar-refractivity contribution in [2.75, 3.05) is 13.2 Å². The number of ether oxygens (including phenoxy) is 2. The molecule has 0 saturated carbocycles. The smallest absolute Gasteiger partial charge is 0.302 e. The van der Waals surface area contributed by atoms with Crippen LogP contribution in [0.1, 0.15) is 17.3 Å².